The summed E-state index contributed by atoms with van der Waals surface area (Å²) in [5.41, 5.74) is 0. The summed E-state index contributed by atoms with van der Waals surface area (Å²) in [7, 11) is 0. The van der Waals surface area contributed by atoms with Gasteiger partial charge in [0.25, 0.3) is 17.9 Å². The van der Waals surface area contributed by atoms with Gasteiger partial charge in [-0.3, -0.25) is 14.4 Å². The summed E-state index contributed by atoms with van der Waals surface area (Å²) in [6.45, 7) is 6.21. The molecule has 11 nitrogen and oxygen atoms in total. The molecule has 0 bridgehead atoms. The van der Waals surface area contributed by atoms with E-state index in [1.165, 1.54) is 5.34 Å². The summed E-state index contributed by atoms with van der Waals surface area (Å²) in [6.07, 6.45) is 0.833. The zero-order chi connectivity index (χ0) is 17.7. The molecule has 0 spiro atoms. The van der Waals surface area contributed by atoms with E-state index in [2.05, 4.69) is 6.58 Å². The SMILES string of the molecule is C=CC(=O)O.CC(=O)O.CC(=O)O.CC(=O)O.O=NO. The summed E-state index contributed by atoms with van der Waals surface area (Å²) >= 11 is 0. The van der Waals surface area contributed by atoms with Gasteiger partial charge in [0.1, 0.15) is 0 Å². The van der Waals surface area contributed by atoms with Gasteiger partial charge in [0.2, 0.25) is 0 Å². The zero-order valence-corrected chi connectivity index (χ0v) is 11.0. The van der Waals surface area contributed by atoms with Crippen molar-refractivity contribution in [3.05, 3.63) is 17.6 Å². The van der Waals surface area contributed by atoms with Crippen LogP contribution in [0.15, 0.2) is 18.0 Å². The Morgan fingerprint density at radius 2 is 0.900 bits per heavy atom. The molecule has 0 saturated heterocycles. The third-order valence-electron chi connectivity index (χ3n) is 0.175. The lowest BCUT2D eigenvalue weighted by molar-refractivity contribution is -0.135. The number of rotatable bonds is 1. The number of nitrogens with zero attached hydrogens (tertiary/aromatic N) is 1. The van der Waals surface area contributed by atoms with Crippen LogP contribution in [0.2, 0.25) is 0 Å². The van der Waals surface area contributed by atoms with Crippen LogP contribution in [0, 0.1) is 4.91 Å². The summed E-state index contributed by atoms with van der Waals surface area (Å²) < 4.78 is 0. The molecule has 0 aromatic heterocycles. The van der Waals surface area contributed by atoms with Crippen molar-refractivity contribution in [3.8, 4) is 0 Å². The molecule has 0 saturated carbocycles. The average Bonchev–Trinajstić information content (AvgIpc) is 2.15. The Morgan fingerprint density at radius 1 is 0.850 bits per heavy atom. The van der Waals surface area contributed by atoms with Crippen LogP contribution in [-0.2, 0) is 19.2 Å². The number of carboxylic acids is 4. The highest BCUT2D eigenvalue weighted by Gasteiger charge is 1.73. The van der Waals surface area contributed by atoms with Gasteiger partial charge in [-0.1, -0.05) is 6.58 Å². The quantitative estimate of drug-likeness (QED) is 0.260. The van der Waals surface area contributed by atoms with Crippen LogP contribution in [0.3, 0.4) is 0 Å². The average molecular weight is 299 g/mol. The highest BCUT2D eigenvalue weighted by molar-refractivity contribution is 5.78. The first-order valence-electron chi connectivity index (χ1n) is 4.29. The molecule has 0 aliphatic rings. The standard InChI is InChI=1S/C3H4O2.3C2H4O2.HNO2/c1-2-3(4)5;3*1-2(3)4;2-1-3/h2H,1H2,(H,4,5);3*1H3,(H,3,4);(H,2,3). The van der Waals surface area contributed by atoms with Gasteiger partial charge in [0, 0.05) is 26.8 Å². The van der Waals surface area contributed by atoms with Gasteiger partial charge in [0.05, 0.1) is 0 Å². The fourth-order valence-corrected chi connectivity index (χ4v) is 0. The third kappa shape index (κ3) is 3070. The first kappa shape index (κ1) is 30.2. The molecule has 5 N–H and O–H groups in total. The van der Waals surface area contributed by atoms with E-state index < -0.39 is 23.9 Å². The van der Waals surface area contributed by atoms with Gasteiger partial charge in [-0.25, -0.2) is 4.79 Å². The second kappa shape index (κ2) is 29.8. The van der Waals surface area contributed by atoms with E-state index in [1.807, 2.05) is 0 Å². The lowest BCUT2D eigenvalue weighted by atomic mass is 10.7. The van der Waals surface area contributed by atoms with E-state index in [4.69, 9.17) is 44.9 Å². The fourth-order valence-electron chi connectivity index (χ4n) is 0. The van der Waals surface area contributed by atoms with Crippen LogP contribution in [0.5, 0.6) is 0 Å². The van der Waals surface area contributed by atoms with Crippen molar-refractivity contribution in [2.75, 3.05) is 0 Å². The van der Waals surface area contributed by atoms with Crippen LogP contribution >= 0.6 is 0 Å². The van der Waals surface area contributed by atoms with Crippen LogP contribution < -0.4 is 0 Å². The maximum Gasteiger partial charge on any atom is 0.327 e. The van der Waals surface area contributed by atoms with Crippen molar-refractivity contribution in [2.45, 2.75) is 20.8 Å². The number of aliphatic carboxylic acids is 4. The summed E-state index contributed by atoms with van der Waals surface area (Å²) in [5, 5.41) is 37.7. The Morgan fingerprint density at radius 3 is 0.900 bits per heavy atom. The van der Waals surface area contributed by atoms with Crippen molar-refractivity contribution in [1.29, 1.82) is 0 Å². The van der Waals surface area contributed by atoms with Crippen LogP contribution in [-0.4, -0.2) is 49.5 Å². The fraction of sp³-hybridized carbons (Fsp3) is 0.333. The molecule has 0 unspecified atom stereocenters. The van der Waals surface area contributed by atoms with E-state index >= 15 is 0 Å². The third-order valence-corrected chi connectivity index (χ3v) is 0.175. The molecule has 0 fully saturated rings. The van der Waals surface area contributed by atoms with E-state index in [9.17, 15) is 4.79 Å². The normalized spacial score (nSPS) is 5.95. The zero-order valence-electron chi connectivity index (χ0n) is 11.0. The van der Waals surface area contributed by atoms with E-state index in [1.54, 1.807) is 0 Å². The molecule has 20 heavy (non-hydrogen) atoms. The Kier molecular flexibility index (Phi) is 45.0. The smallest absolute Gasteiger partial charge is 0.327 e. The molecule has 0 heterocycles. The monoisotopic (exact) mass is 299 g/mol. The van der Waals surface area contributed by atoms with Crippen LogP contribution in [0.25, 0.3) is 0 Å². The maximum atomic E-state index is 9.25. The van der Waals surface area contributed by atoms with Crippen LogP contribution in [0.4, 0.5) is 0 Å². The van der Waals surface area contributed by atoms with Crippen molar-refractivity contribution in [1.82, 2.24) is 0 Å². The molecule has 0 rings (SSSR count). The van der Waals surface area contributed by atoms with Gasteiger partial charge >= 0.3 is 5.97 Å². The lowest BCUT2D eigenvalue weighted by Gasteiger charge is -1.64. The molecule has 0 amide bonds. The van der Waals surface area contributed by atoms with Gasteiger partial charge in [-0.05, 0) is 0 Å². The van der Waals surface area contributed by atoms with E-state index in [0.717, 1.165) is 26.8 Å². The molecule has 0 aromatic rings. The lowest BCUT2D eigenvalue weighted by Crippen LogP contribution is -1.82. The van der Waals surface area contributed by atoms with E-state index in [0.29, 0.717) is 0 Å². The number of hydrogen-bond donors (Lipinski definition) is 5. The number of carbonyl (C=O) groups is 4. The van der Waals surface area contributed by atoms with Gasteiger partial charge in [-0.2, -0.15) is 0 Å². The molecular weight excluding hydrogens is 282 g/mol. The van der Waals surface area contributed by atoms with Crippen molar-refractivity contribution in [2.24, 2.45) is 5.34 Å². The summed E-state index contributed by atoms with van der Waals surface area (Å²) in [6, 6.07) is 0. The van der Waals surface area contributed by atoms with Crippen molar-refractivity contribution >= 4 is 23.9 Å². The minimum Gasteiger partial charge on any atom is -0.481 e. The largest absolute Gasteiger partial charge is 0.481 e. The second-order valence-corrected chi connectivity index (χ2v) is 2.18. The van der Waals surface area contributed by atoms with Crippen molar-refractivity contribution < 1.29 is 44.8 Å². The Bertz CT molecular complexity index is 259. The summed E-state index contributed by atoms with van der Waals surface area (Å²) in [4.78, 5) is 44.4. The first-order valence-corrected chi connectivity index (χ1v) is 4.29. The molecular formula is C9H17NO10. The van der Waals surface area contributed by atoms with Crippen LogP contribution in [0.1, 0.15) is 20.8 Å². The topological polar surface area (TPSA) is 199 Å². The molecule has 0 radical (unpaired) electrons. The van der Waals surface area contributed by atoms with E-state index in [-0.39, 0.29) is 0 Å². The first-order chi connectivity index (χ1) is 8.88. The minimum atomic E-state index is -0.981. The molecule has 11 heteroatoms. The molecule has 118 valence electrons. The highest BCUT2D eigenvalue weighted by atomic mass is 16.6. The predicted molar refractivity (Wildman–Crippen MR) is 65.3 cm³/mol. The summed E-state index contributed by atoms with van der Waals surface area (Å²) in [5.74, 6) is -3.48. The predicted octanol–water partition coefficient (Wildman–Crippen LogP) is 0.672. The molecule has 0 atom stereocenters. The minimum absolute atomic E-state index is 0.833. The molecule has 0 aliphatic carbocycles. The van der Waals surface area contributed by atoms with Gasteiger partial charge < -0.3 is 25.6 Å². The Labute approximate surface area is 113 Å². The van der Waals surface area contributed by atoms with Crippen molar-refractivity contribution in [3.63, 3.8) is 0 Å². The number of hydrogen-bond acceptors (Lipinski definition) is 6. The number of carboxylic acid groups (broad SMARTS) is 4. The molecule has 0 aromatic carbocycles. The molecule has 0 aliphatic heterocycles. The Balaban J connectivity index is -0.0000000473. The Hall–Kier alpha value is -2.98. The maximum absolute atomic E-state index is 9.25. The highest BCUT2D eigenvalue weighted by Crippen LogP contribution is 1.54. The second-order valence-electron chi connectivity index (χ2n) is 2.18. The van der Waals surface area contributed by atoms with Gasteiger partial charge in [-0.15, -0.1) is 4.91 Å². The van der Waals surface area contributed by atoms with Gasteiger partial charge in [0.15, 0.2) is 5.34 Å².